The van der Waals surface area contributed by atoms with E-state index in [0.717, 1.165) is 34.9 Å². The summed E-state index contributed by atoms with van der Waals surface area (Å²) < 4.78 is 29.9. The summed E-state index contributed by atoms with van der Waals surface area (Å²) in [4.78, 5) is 8.98. The molecule has 0 amide bonds. The first-order valence-corrected chi connectivity index (χ1v) is 12.5. The Morgan fingerprint density at radius 3 is 2.92 bits per heavy atom. The Morgan fingerprint density at radius 2 is 2.21 bits per heavy atom. The second kappa shape index (κ2) is 6.15. The van der Waals surface area contributed by atoms with Gasteiger partial charge in [0.05, 0.1) is 23.8 Å². The lowest BCUT2D eigenvalue weighted by Gasteiger charge is -2.36. The minimum Gasteiger partial charge on any atom is -0.327 e. The van der Waals surface area contributed by atoms with Crippen LogP contribution in [0.5, 0.6) is 0 Å². The van der Waals surface area contributed by atoms with E-state index >= 15 is 0 Å². The Hall–Kier alpha value is -0.850. The van der Waals surface area contributed by atoms with Crippen LogP contribution in [0.1, 0.15) is 18.9 Å². The molecule has 1 fully saturated rings. The number of hydrogen-bond donors (Lipinski definition) is 1. The predicted molar refractivity (Wildman–Crippen MR) is 105 cm³/mol. The van der Waals surface area contributed by atoms with E-state index in [0.29, 0.717) is 6.04 Å². The van der Waals surface area contributed by atoms with Gasteiger partial charge in [-0.25, -0.2) is 23.1 Å². The van der Waals surface area contributed by atoms with Crippen LogP contribution in [0.25, 0.3) is 22.1 Å². The molecule has 7 nitrogen and oxygen atoms in total. The molecule has 3 heterocycles. The maximum atomic E-state index is 11.7. The fraction of sp³-hybridized carbons (Fsp3) is 0.429. The van der Waals surface area contributed by atoms with Gasteiger partial charge in [0.1, 0.15) is 5.52 Å². The molecule has 4 rings (SSSR count). The molecule has 0 saturated heterocycles. The van der Waals surface area contributed by atoms with Gasteiger partial charge in [-0.15, -0.1) is 0 Å². The molecule has 1 N–H and O–H groups in total. The molecule has 1 aliphatic rings. The lowest BCUT2D eigenvalue weighted by molar-refractivity contribution is 0.222. The predicted octanol–water partition coefficient (Wildman–Crippen LogP) is 2.73. The molecule has 0 unspecified atom stereocenters. The highest BCUT2D eigenvalue weighted by atomic mass is 127. The summed E-state index contributed by atoms with van der Waals surface area (Å²) in [6.45, 7) is 0. The largest absolute Gasteiger partial charge is 0.327 e. The standard InChI is InChI=1S/C14H16IN5O2S2/c1-16-24(21,22)7-9-4-10(5-9)19-8-18-12-6-17-14-11(13(12)19)2-3-20(14)23-15/h2-3,6,8-10,16H,4-5,7H2,1H3/t9-,10+. The third kappa shape index (κ3) is 2.72. The first-order chi connectivity index (χ1) is 11.5. The molecule has 0 spiro atoms. The molecule has 0 bridgehead atoms. The number of fused-ring (bicyclic) bond motifs is 3. The maximum Gasteiger partial charge on any atom is 0.211 e. The van der Waals surface area contributed by atoms with Gasteiger partial charge in [0.25, 0.3) is 0 Å². The molecule has 1 aliphatic carbocycles. The highest BCUT2D eigenvalue weighted by Gasteiger charge is 2.34. The third-order valence-corrected chi connectivity index (χ3v) is 7.91. The smallest absolute Gasteiger partial charge is 0.211 e. The lowest BCUT2D eigenvalue weighted by Crippen LogP contribution is -2.35. The summed E-state index contributed by atoms with van der Waals surface area (Å²) in [5, 5.41) is 1.08. The van der Waals surface area contributed by atoms with Crippen molar-refractivity contribution in [2.24, 2.45) is 5.92 Å². The highest BCUT2D eigenvalue weighted by molar-refractivity contribution is 14.2. The number of imidazole rings is 1. The molecule has 0 aliphatic heterocycles. The molecule has 0 aromatic carbocycles. The summed E-state index contributed by atoms with van der Waals surface area (Å²) in [5.74, 6) is 0.405. The van der Waals surface area contributed by atoms with Gasteiger partial charge in [0.2, 0.25) is 10.0 Å². The third-order valence-electron chi connectivity index (χ3n) is 4.66. The average Bonchev–Trinajstić information content (AvgIpc) is 3.13. The van der Waals surface area contributed by atoms with Gasteiger partial charge in [0, 0.05) is 47.9 Å². The Kier molecular flexibility index (Phi) is 4.25. The maximum absolute atomic E-state index is 11.7. The highest BCUT2D eigenvalue weighted by Crippen LogP contribution is 2.41. The fourth-order valence-electron chi connectivity index (χ4n) is 3.38. The summed E-state index contributed by atoms with van der Waals surface area (Å²) in [6.07, 6.45) is 7.39. The molecular weight excluding hydrogens is 461 g/mol. The molecule has 0 atom stereocenters. The molecular formula is C14H16IN5O2S2. The number of hydrogen-bond acceptors (Lipinski definition) is 5. The van der Waals surface area contributed by atoms with Gasteiger partial charge in [-0.05, 0) is 31.9 Å². The summed E-state index contributed by atoms with van der Waals surface area (Å²) in [5.41, 5.74) is 2.89. The molecule has 24 heavy (non-hydrogen) atoms. The average molecular weight is 477 g/mol. The molecule has 10 heteroatoms. The van der Waals surface area contributed by atoms with E-state index in [1.807, 2.05) is 16.5 Å². The zero-order chi connectivity index (χ0) is 16.9. The second-order valence-corrected chi connectivity index (χ2v) is 9.75. The van der Waals surface area contributed by atoms with Crippen LogP contribution < -0.4 is 4.72 Å². The number of aromatic nitrogens is 4. The molecule has 128 valence electrons. The van der Waals surface area contributed by atoms with E-state index in [1.165, 1.54) is 7.05 Å². The van der Waals surface area contributed by atoms with Crippen molar-refractivity contribution in [2.45, 2.75) is 18.9 Å². The summed E-state index contributed by atoms with van der Waals surface area (Å²) in [6, 6.07) is 2.36. The molecule has 0 radical (unpaired) electrons. The summed E-state index contributed by atoms with van der Waals surface area (Å²) >= 11 is 2.23. The van der Waals surface area contributed by atoms with E-state index in [2.05, 4.69) is 46.5 Å². The number of nitrogens with one attached hydrogen (secondary N) is 1. The first kappa shape index (κ1) is 16.6. The van der Waals surface area contributed by atoms with Crippen molar-refractivity contribution in [1.29, 1.82) is 0 Å². The van der Waals surface area contributed by atoms with Crippen LogP contribution >= 0.6 is 30.3 Å². The first-order valence-electron chi connectivity index (χ1n) is 7.55. The zero-order valence-corrected chi connectivity index (χ0v) is 16.7. The van der Waals surface area contributed by atoms with Gasteiger partial charge in [-0.1, -0.05) is 0 Å². The van der Waals surface area contributed by atoms with E-state index in [4.69, 9.17) is 0 Å². The van der Waals surface area contributed by atoms with Crippen LogP contribution in [0.15, 0.2) is 24.8 Å². The van der Waals surface area contributed by atoms with Crippen LogP contribution in [-0.2, 0) is 10.0 Å². The number of sulfonamides is 1. The Morgan fingerprint density at radius 1 is 1.42 bits per heavy atom. The van der Waals surface area contributed by atoms with Crippen molar-refractivity contribution in [3.05, 3.63) is 24.8 Å². The number of rotatable bonds is 5. The van der Waals surface area contributed by atoms with Crippen LogP contribution in [0.2, 0.25) is 0 Å². The van der Waals surface area contributed by atoms with Gasteiger partial charge in [-0.2, -0.15) is 0 Å². The van der Waals surface area contributed by atoms with Crippen LogP contribution in [-0.4, -0.2) is 39.7 Å². The number of nitrogens with zero attached hydrogens (tertiary/aromatic N) is 4. The Labute approximate surface area is 156 Å². The molecule has 1 saturated carbocycles. The lowest BCUT2D eigenvalue weighted by atomic mass is 9.81. The topological polar surface area (TPSA) is 81.8 Å². The Balaban J connectivity index is 1.65. The van der Waals surface area contributed by atoms with E-state index in [-0.39, 0.29) is 11.7 Å². The molecule has 3 aromatic heterocycles. The van der Waals surface area contributed by atoms with E-state index in [1.54, 1.807) is 15.3 Å². The van der Waals surface area contributed by atoms with E-state index in [9.17, 15) is 8.42 Å². The fourth-order valence-corrected chi connectivity index (χ4v) is 5.71. The van der Waals surface area contributed by atoms with Crippen molar-refractivity contribution in [1.82, 2.24) is 23.2 Å². The van der Waals surface area contributed by atoms with Gasteiger partial charge in [0.15, 0.2) is 5.65 Å². The number of halogens is 1. The van der Waals surface area contributed by atoms with Crippen LogP contribution in [0, 0.1) is 5.92 Å². The minimum absolute atomic E-state index is 0.200. The van der Waals surface area contributed by atoms with Gasteiger partial charge < -0.3 is 4.57 Å². The number of pyridine rings is 1. The monoisotopic (exact) mass is 477 g/mol. The summed E-state index contributed by atoms with van der Waals surface area (Å²) in [7, 11) is -0.0940. The van der Waals surface area contributed by atoms with E-state index < -0.39 is 10.0 Å². The van der Waals surface area contributed by atoms with Crippen molar-refractivity contribution >= 4 is 62.4 Å². The minimum atomic E-state index is -3.14. The van der Waals surface area contributed by atoms with Crippen LogP contribution in [0.3, 0.4) is 0 Å². The van der Waals surface area contributed by atoms with Crippen molar-refractivity contribution in [2.75, 3.05) is 12.8 Å². The van der Waals surface area contributed by atoms with Gasteiger partial charge in [-0.3, -0.25) is 3.97 Å². The van der Waals surface area contributed by atoms with Crippen molar-refractivity contribution in [3.8, 4) is 0 Å². The SMILES string of the molecule is CNS(=O)(=O)C[C@H]1C[C@@H](n2cnc3cnc4c(ccn4SI)c32)C1. The quantitative estimate of drug-likeness (QED) is 0.572. The Bertz CT molecular complexity index is 1010. The second-order valence-electron chi connectivity index (χ2n) is 6.07. The zero-order valence-electron chi connectivity index (χ0n) is 12.9. The van der Waals surface area contributed by atoms with Crippen molar-refractivity contribution < 1.29 is 8.42 Å². The van der Waals surface area contributed by atoms with Gasteiger partial charge >= 0.3 is 0 Å². The van der Waals surface area contributed by atoms with Crippen LogP contribution in [0.4, 0.5) is 0 Å². The normalized spacial score (nSPS) is 21.4. The molecule has 3 aromatic rings. The van der Waals surface area contributed by atoms with Crippen molar-refractivity contribution in [3.63, 3.8) is 0 Å².